The van der Waals surface area contributed by atoms with E-state index in [0.29, 0.717) is 5.92 Å². The number of nitrogens with two attached hydrogens (primary N) is 1. The van der Waals surface area contributed by atoms with E-state index in [2.05, 4.69) is 29.1 Å². The molecule has 0 bridgehead atoms. The van der Waals surface area contributed by atoms with E-state index in [0.717, 1.165) is 19.2 Å². The fourth-order valence-corrected chi connectivity index (χ4v) is 2.01. The minimum atomic E-state index is -0.510. The summed E-state index contributed by atoms with van der Waals surface area (Å²) in [6, 6.07) is 0.0537. The van der Waals surface area contributed by atoms with Crippen LogP contribution in [0.15, 0.2) is 6.20 Å². The quantitative estimate of drug-likeness (QED) is 0.573. The topological polar surface area (TPSA) is 110 Å². The Morgan fingerprint density at radius 1 is 1.50 bits per heavy atom. The predicted molar refractivity (Wildman–Crippen MR) is 78.5 cm³/mol. The maximum atomic E-state index is 11.0. The van der Waals surface area contributed by atoms with Crippen LogP contribution in [0.1, 0.15) is 20.3 Å². The van der Waals surface area contributed by atoms with Gasteiger partial charge in [-0.1, -0.05) is 13.8 Å². The molecule has 0 saturated carbocycles. The van der Waals surface area contributed by atoms with Crippen LogP contribution in [0.2, 0.25) is 0 Å². The molecule has 1 unspecified atom stereocenters. The van der Waals surface area contributed by atoms with Crippen LogP contribution in [-0.2, 0) is 0 Å². The molecular weight excluding hydrogens is 260 g/mol. The van der Waals surface area contributed by atoms with Gasteiger partial charge in [0.2, 0.25) is 11.8 Å². The Labute approximate surface area is 118 Å². The van der Waals surface area contributed by atoms with Crippen molar-refractivity contribution < 1.29 is 4.92 Å². The Morgan fingerprint density at radius 3 is 2.65 bits per heavy atom. The van der Waals surface area contributed by atoms with Gasteiger partial charge in [-0.05, 0) is 26.4 Å². The molecule has 0 radical (unpaired) electrons. The first-order valence-electron chi connectivity index (χ1n) is 6.47. The second-order valence-corrected chi connectivity index (χ2v) is 5.45. The highest BCUT2D eigenvalue weighted by atomic mass is 16.6. The fraction of sp³-hybridized carbons (Fsp3) is 0.667. The summed E-state index contributed by atoms with van der Waals surface area (Å²) in [7, 11) is 3.91. The van der Waals surface area contributed by atoms with Crippen molar-refractivity contribution >= 4 is 17.5 Å². The third-order valence-corrected chi connectivity index (χ3v) is 2.67. The largest absolute Gasteiger partial charge is 0.368 e. The number of hydrogen-bond acceptors (Lipinski definition) is 7. The van der Waals surface area contributed by atoms with Crippen LogP contribution in [0.4, 0.5) is 17.5 Å². The van der Waals surface area contributed by atoms with Crippen LogP contribution in [-0.4, -0.2) is 46.5 Å². The Morgan fingerprint density at radius 2 is 2.15 bits per heavy atom. The first kappa shape index (κ1) is 16.1. The summed E-state index contributed by atoms with van der Waals surface area (Å²) in [6.45, 7) is 4.96. The van der Waals surface area contributed by atoms with Crippen molar-refractivity contribution in [3.8, 4) is 0 Å². The van der Waals surface area contributed by atoms with Gasteiger partial charge in [-0.2, -0.15) is 4.98 Å². The van der Waals surface area contributed by atoms with E-state index >= 15 is 0 Å². The van der Waals surface area contributed by atoms with E-state index in [1.165, 1.54) is 0 Å². The number of hydrogen-bond donors (Lipinski definition) is 2. The molecule has 112 valence electrons. The van der Waals surface area contributed by atoms with Gasteiger partial charge < -0.3 is 16.0 Å². The summed E-state index contributed by atoms with van der Waals surface area (Å²) in [6.07, 6.45) is 2.01. The lowest BCUT2D eigenvalue weighted by atomic mass is 10.0. The highest BCUT2D eigenvalue weighted by Gasteiger charge is 2.21. The second-order valence-electron chi connectivity index (χ2n) is 5.45. The number of nitrogen functional groups attached to an aromatic ring is 1. The number of nitrogens with zero attached hydrogens (tertiary/aromatic N) is 4. The summed E-state index contributed by atoms with van der Waals surface area (Å²) in [5.74, 6) is 0.659. The summed E-state index contributed by atoms with van der Waals surface area (Å²) in [5, 5.41) is 14.1. The SMILES string of the molecule is CC(C)CC(CN(C)C)Nc1nc(N)ncc1[N+](=O)[O-]. The van der Waals surface area contributed by atoms with Crippen molar-refractivity contribution in [2.45, 2.75) is 26.3 Å². The van der Waals surface area contributed by atoms with Gasteiger partial charge in [0.1, 0.15) is 6.20 Å². The van der Waals surface area contributed by atoms with E-state index in [1.54, 1.807) is 0 Å². The van der Waals surface area contributed by atoms with Crippen LogP contribution >= 0.6 is 0 Å². The molecular formula is C12H22N6O2. The van der Waals surface area contributed by atoms with Crippen molar-refractivity contribution in [3.05, 3.63) is 16.3 Å². The van der Waals surface area contributed by atoms with Crippen molar-refractivity contribution in [1.82, 2.24) is 14.9 Å². The molecule has 0 aromatic carbocycles. The summed E-state index contributed by atoms with van der Waals surface area (Å²) >= 11 is 0. The molecule has 1 heterocycles. The van der Waals surface area contributed by atoms with E-state index in [4.69, 9.17) is 5.73 Å². The molecule has 0 fully saturated rings. The molecule has 8 heteroatoms. The van der Waals surface area contributed by atoms with Crippen molar-refractivity contribution in [3.63, 3.8) is 0 Å². The van der Waals surface area contributed by atoms with Crippen molar-refractivity contribution in [2.75, 3.05) is 31.7 Å². The number of nitrogens with one attached hydrogen (secondary N) is 1. The molecule has 20 heavy (non-hydrogen) atoms. The molecule has 0 aliphatic carbocycles. The minimum Gasteiger partial charge on any atom is -0.368 e. The molecule has 1 aromatic rings. The minimum absolute atomic E-state index is 0.0197. The third kappa shape index (κ3) is 4.96. The lowest BCUT2D eigenvalue weighted by molar-refractivity contribution is -0.384. The van der Waals surface area contributed by atoms with Crippen LogP contribution in [0.25, 0.3) is 0 Å². The number of anilines is 2. The van der Waals surface area contributed by atoms with Gasteiger partial charge in [-0.3, -0.25) is 10.1 Å². The Bertz CT molecular complexity index is 453. The van der Waals surface area contributed by atoms with Crippen molar-refractivity contribution in [1.29, 1.82) is 0 Å². The van der Waals surface area contributed by atoms with E-state index in [-0.39, 0.29) is 23.5 Å². The monoisotopic (exact) mass is 282 g/mol. The molecule has 0 saturated heterocycles. The molecule has 1 rings (SSSR count). The Hall–Kier alpha value is -1.96. The molecule has 1 aromatic heterocycles. The lowest BCUT2D eigenvalue weighted by Crippen LogP contribution is -2.34. The smallest absolute Gasteiger partial charge is 0.329 e. The molecule has 0 aliphatic rings. The molecule has 8 nitrogen and oxygen atoms in total. The lowest BCUT2D eigenvalue weighted by Gasteiger charge is -2.24. The van der Waals surface area contributed by atoms with Gasteiger partial charge in [-0.25, -0.2) is 4.98 Å². The summed E-state index contributed by atoms with van der Waals surface area (Å²) in [5.41, 5.74) is 5.35. The molecule has 0 amide bonds. The maximum Gasteiger partial charge on any atom is 0.329 e. The first-order chi connectivity index (χ1) is 9.29. The Kier molecular flexibility index (Phi) is 5.63. The summed E-state index contributed by atoms with van der Waals surface area (Å²) in [4.78, 5) is 20.1. The fourth-order valence-electron chi connectivity index (χ4n) is 2.01. The summed E-state index contributed by atoms with van der Waals surface area (Å²) < 4.78 is 0. The number of rotatable bonds is 7. The first-order valence-corrected chi connectivity index (χ1v) is 6.47. The normalized spacial score (nSPS) is 12.7. The van der Waals surface area contributed by atoms with Gasteiger partial charge in [0.15, 0.2) is 0 Å². The van der Waals surface area contributed by atoms with E-state index in [1.807, 2.05) is 19.0 Å². The predicted octanol–water partition coefficient (Wildman–Crippen LogP) is 1.36. The zero-order valence-electron chi connectivity index (χ0n) is 12.3. The van der Waals surface area contributed by atoms with Crippen LogP contribution < -0.4 is 11.1 Å². The highest BCUT2D eigenvalue weighted by molar-refractivity contribution is 5.56. The number of nitro groups is 1. The van der Waals surface area contributed by atoms with Gasteiger partial charge in [0, 0.05) is 12.6 Å². The number of aromatic nitrogens is 2. The molecule has 0 spiro atoms. The van der Waals surface area contributed by atoms with Gasteiger partial charge in [0.05, 0.1) is 4.92 Å². The van der Waals surface area contributed by atoms with E-state index < -0.39 is 4.92 Å². The second kappa shape index (κ2) is 6.99. The molecule has 3 N–H and O–H groups in total. The van der Waals surface area contributed by atoms with E-state index in [9.17, 15) is 10.1 Å². The average molecular weight is 282 g/mol. The van der Waals surface area contributed by atoms with Gasteiger partial charge >= 0.3 is 5.69 Å². The van der Waals surface area contributed by atoms with Crippen LogP contribution in [0, 0.1) is 16.0 Å². The molecule has 0 aliphatic heterocycles. The Balaban J connectivity index is 2.96. The standard InChI is InChI=1S/C12H22N6O2/c1-8(2)5-9(7-17(3)4)15-11-10(18(19)20)6-14-12(13)16-11/h6,8-9H,5,7H2,1-4H3,(H3,13,14,15,16). The zero-order valence-corrected chi connectivity index (χ0v) is 12.3. The van der Waals surface area contributed by atoms with Crippen LogP contribution in [0.3, 0.4) is 0 Å². The van der Waals surface area contributed by atoms with Gasteiger partial charge in [0.25, 0.3) is 0 Å². The van der Waals surface area contributed by atoms with Gasteiger partial charge in [-0.15, -0.1) is 0 Å². The highest BCUT2D eigenvalue weighted by Crippen LogP contribution is 2.23. The maximum absolute atomic E-state index is 11.0. The van der Waals surface area contributed by atoms with Crippen molar-refractivity contribution in [2.24, 2.45) is 5.92 Å². The number of likely N-dealkylation sites (N-methyl/N-ethyl adjacent to an activating group) is 1. The average Bonchev–Trinajstić information content (AvgIpc) is 2.26. The van der Waals surface area contributed by atoms with Crippen LogP contribution in [0.5, 0.6) is 0 Å². The molecule has 1 atom stereocenters. The zero-order chi connectivity index (χ0) is 15.3. The third-order valence-electron chi connectivity index (χ3n) is 2.67.